The van der Waals surface area contributed by atoms with Gasteiger partial charge in [0.05, 0.1) is 0 Å². The number of nitrogens with zero attached hydrogens (tertiary/aromatic N) is 3. The van der Waals surface area contributed by atoms with E-state index >= 15 is 0 Å². The molecule has 0 aromatic carbocycles. The van der Waals surface area contributed by atoms with Gasteiger partial charge in [-0.1, -0.05) is 0 Å². The first-order valence-electron chi connectivity index (χ1n) is 7.71. The fourth-order valence-electron chi connectivity index (χ4n) is 1.99. The first kappa shape index (κ1) is 17.2. The quantitative estimate of drug-likeness (QED) is 0.375. The van der Waals surface area contributed by atoms with Gasteiger partial charge in [-0.3, -0.25) is 9.36 Å². The predicted octanol–water partition coefficient (Wildman–Crippen LogP) is 0.859. The Morgan fingerprint density at radius 1 is 1.39 bits per heavy atom. The molecule has 7 nitrogen and oxygen atoms in total. The van der Waals surface area contributed by atoms with E-state index in [4.69, 9.17) is 0 Å². The Kier molecular flexibility index (Phi) is 6.30. The maximum absolute atomic E-state index is 12.7. The molecule has 1 heterocycles. The Hall–Kier alpha value is -2.19. The highest BCUT2D eigenvalue weighted by Crippen LogP contribution is 2.28. The standard InChI is InChI=1S/C14H22F2N6O/c1-2-17-14(20-6-5-19-12(23)10-3-4-10)21-9-11-18-7-8-22(11)13(15)16/h7-8,10,13H,2-6,9H2,1H3,(H,19,23)(H2,17,20,21). The molecule has 0 atom stereocenters. The zero-order chi connectivity index (χ0) is 16.7. The largest absolute Gasteiger partial charge is 0.357 e. The molecule has 0 saturated heterocycles. The molecule has 1 saturated carbocycles. The summed E-state index contributed by atoms with van der Waals surface area (Å²) < 4.78 is 26.2. The molecule has 1 aromatic rings. The molecule has 1 aromatic heterocycles. The summed E-state index contributed by atoms with van der Waals surface area (Å²) in [6, 6.07) is 0. The summed E-state index contributed by atoms with van der Waals surface area (Å²) in [4.78, 5) is 19.6. The highest BCUT2D eigenvalue weighted by molar-refractivity contribution is 5.81. The van der Waals surface area contributed by atoms with Crippen molar-refractivity contribution in [3.63, 3.8) is 0 Å². The van der Waals surface area contributed by atoms with Gasteiger partial charge in [0.15, 0.2) is 5.96 Å². The van der Waals surface area contributed by atoms with Crippen LogP contribution in [0.1, 0.15) is 32.1 Å². The lowest BCUT2D eigenvalue weighted by molar-refractivity contribution is -0.122. The summed E-state index contributed by atoms with van der Waals surface area (Å²) in [6.07, 6.45) is 4.49. The van der Waals surface area contributed by atoms with Crippen LogP contribution < -0.4 is 16.0 Å². The summed E-state index contributed by atoms with van der Waals surface area (Å²) in [7, 11) is 0. The lowest BCUT2D eigenvalue weighted by atomic mass is 10.4. The van der Waals surface area contributed by atoms with Gasteiger partial charge in [-0.25, -0.2) is 9.98 Å². The molecule has 2 rings (SSSR count). The molecule has 0 aliphatic heterocycles. The Labute approximate surface area is 133 Å². The maximum Gasteiger partial charge on any atom is 0.319 e. The van der Waals surface area contributed by atoms with Crippen LogP contribution in [0.2, 0.25) is 0 Å². The highest BCUT2D eigenvalue weighted by Gasteiger charge is 2.28. The first-order valence-corrected chi connectivity index (χ1v) is 7.71. The van der Waals surface area contributed by atoms with E-state index in [-0.39, 0.29) is 24.2 Å². The molecule has 0 radical (unpaired) electrons. The third-order valence-corrected chi connectivity index (χ3v) is 3.35. The molecular weight excluding hydrogens is 306 g/mol. The van der Waals surface area contributed by atoms with Crippen molar-refractivity contribution < 1.29 is 13.6 Å². The Morgan fingerprint density at radius 3 is 2.78 bits per heavy atom. The number of aromatic nitrogens is 2. The van der Waals surface area contributed by atoms with Crippen molar-refractivity contribution in [2.75, 3.05) is 19.6 Å². The van der Waals surface area contributed by atoms with Crippen LogP contribution in [0.5, 0.6) is 0 Å². The molecule has 0 unspecified atom stereocenters. The van der Waals surface area contributed by atoms with Gasteiger partial charge in [0.25, 0.3) is 0 Å². The molecule has 0 bridgehead atoms. The van der Waals surface area contributed by atoms with E-state index in [1.54, 1.807) is 0 Å². The number of alkyl halides is 2. The molecule has 3 N–H and O–H groups in total. The molecule has 1 amide bonds. The third-order valence-electron chi connectivity index (χ3n) is 3.35. The second kappa shape index (κ2) is 8.44. The number of carbonyl (C=O) groups is 1. The summed E-state index contributed by atoms with van der Waals surface area (Å²) in [5.41, 5.74) is 0. The average molecular weight is 328 g/mol. The maximum atomic E-state index is 12.7. The normalized spacial score (nSPS) is 14.9. The lowest BCUT2D eigenvalue weighted by Gasteiger charge is -2.12. The van der Waals surface area contributed by atoms with Gasteiger partial charge in [0, 0.05) is 37.9 Å². The number of amides is 1. The molecule has 1 fully saturated rings. The molecule has 128 valence electrons. The predicted molar refractivity (Wildman–Crippen MR) is 82.0 cm³/mol. The van der Waals surface area contributed by atoms with E-state index in [0.717, 1.165) is 17.4 Å². The smallest absolute Gasteiger partial charge is 0.319 e. The third kappa shape index (κ3) is 5.50. The highest BCUT2D eigenvalue weighted by atomic mass is 19.3. The topological polar surface area (TPSA) is 83.3 Å². The fourth-order valence-corrected chi connectivity index (χ4v) is 1.99. The first-order chi connectivity index (χ1) is 11.1. The van der Waals surface area contributed by atoms with E-state index in [1.165, 1.54) is 12.4 Å². The number of aliphatic imine (C=N–C) groups is 1. The van der Waals surface area contributed by atoms with Crippen LogP contribution in [0.15, 0.2) is 17.4 Å². The SMILES string of the molecule is CCNC(=NCc1nccn1C(F)F)NCCNC(=O)C1CC1. The van der Waals surface area contributed by atoms with Crippen LogP contribution in [0.3, 0.4) is 0 Å². The van der Waals surface area contributed by atoms with Crippen LogP contribution >= 0.6 is 0 Å². The monoisotopic (exact) mass is 328 g/mol. The van der Waals surface area contributed by atoms with Crippen molar-refractivity contribution in [2.45, 2.75) is 32.9 Å². The number of hydrogen-bond acceptors (Lipinski definition) is 3. The fraction of sp³-hybridized carbons (Fsp3) is 0.643. The van der Waals surface area contributed by atoms with E-state index in [9.17, 15) is 13.6 Å². The number of guanidine groups is 1. The summed E-state index contributed by atoms with van der Waals surface area (Å²) >= 11 is 0. The summed E-state index contributed by atoms with van der Waals surface area (Å²) in [6.45, 7) is 0.964. The van der Waals surface area contributed by atoms with Crippen LogP contribution in [-0.4, -0.2) is 41.1 Å². The minimum Gasteiger partial charge on any atom is -0.357 e. The van der Waals surface area contributed by atoms with Gasteiger partial charge < -0.3 is 16.0 Å². The van der Waals surface area contributed by atoms with Gasteiger partial charge in [-0.05, 0) is 19.8 Å². The Balaban J connectivity index is 1.79. The molecule has 1 aliphatic rings. The summed E-state index contributed by atoms with van der Waals surface area (Å²) in [5.74, 6) is 0.967. The number of halogens is 2. The van der Waals surface area contributed by atoms with Gasteiger partial charge in [0.1, 0.15) is 12.4 Å². The van der Waals surface area contributed by atoms with E-state index < -0.39 is 6.55 Å². The van der Waals surface area contributed by atoms with Crippen molar-refractivity contribution >= 4 is 11.9 Å². The molecule has 0 spiro atoms. The second-order valence-corrected chi connectivity index (χ2v) is 5.22. The van der Waals surface area contributed by atoms with E-state index in [0.29, 0.717) is 25.6 Å². The van der Waals surface area contributed by atoms with Gasteiger partial charge in [-0.2, -0.15) is 8.78 Å². The molecule has 1 aliphatic carbocycles. The van der Waals surface area contributed by atoms with E-state index in [1.807, 2.05) is 6.92 Å². The van der Waals surface area contributed by atoms with Crippen molar-refractivity contribution in [3.05, 3.63) is 18.2 Å². The van der Waals surface area contributed by atoms with Gasteiger partial charge in [-0.15, -0.1) is 0 Å². The molecule has 23 heavy (non-hydrogen) atoms. The average Bonchev–Trinajstić information content (AvgIpc) is 3.26. The zero-order valence-corrected chi connectivity index (χ0v) is 13.1. The second-order valence-electron chi connectivity index (χ2n) is 5.22. The van der Waals surface area contributed by atoms with Crippen LogP contribution in [0.4, 0.5) is 8.78 Å². The van der Waals surface area contributed by atoms with Crippen molar-refractivity contribution in [1.29, 1.82) is 0 Å². The lowest BCUT2D eigenvalue weighted by Crippen LogP contribution is -2.41. The molecular formula is C14H22F2N6O. The van der Waals surface area contributed by atoms with Crippen molar-refractivity contribution in [1.82, 2.24) is 25.5 Å². The summed E-state index contributed by atoms with van der Waals surface area (Å²) in [5, 5.41) is 8.90. The Bertz CT molecular complexity index is 541. The number of rotatable bonds is 8. The van der Waals surface area contributed by atoms with Crippen molar-refractivity contribution in [2.24, 2.45) is 10.9 Å². The van der Waals surface area contributed by atoms with Crippen LogP contribution in [0, 0.1) is 5.92 Å². The van der Waals surface area contributed by atoms with Gasteiger partial charge in [0.2, 0.25) is 5.91 Å². The number of hydrogen-bond donors (Lipinski definition) is 3. The van der Waals surface area contributed by atoms with Crippen LogP contribution in [-0.2, 0) is 11.3 Å². The van der Waals surface area contributed by atoms with Gasteiger partial charge >= 0.3 is 6.55 Å². The van der Waals surface area contributed by atoms with Crippen molar-refractivity contribution in [3.8, 4) is 0 Å². The number of imidazole rings is 1. The van der Waals surface area contributed by atoms with E-state index in [2.05, 4.69) is 25.9 Å². The number of nitrogens with one attached hydrogen (secondary N) is 3. The number of carbonyl (C=O) groups excluding carboxylic acids is 1. The Morgan fingerprint density at radius 2 is 2.13 bits per heavy atom. The molecule has 9 heteroatoms. The minimum absolute atomic E-state index is 0.0428. The minimum atomic E-state index is -2.63. The zero-order valence-electron chi connectivity index (χ0n) is 13.1. The van der Waals surface area contributed by atoms with Crippen LogP contribution in [0.25, 0.3) is 0 Å².